The molecule has 0 spiro atoms. The van der Waals surface area contributed by atoms with E-state index in [1.54, 1.807) is 19.1 Å². The van der Waals surface area contributed by atoms with E-state index in [4.69, 9.17) is 0 Å². The summed E-state index contributed by atoms with van der Waals surface area (Å²) in [4.78, 5) is 14.8. The molecule has 0 unspecified atom stereocenters. The fraction of sp³-hybridized carbons (Fsp3) is 0.611. The van der Waals surface area contributed by atoms with Crippen molar-refractivity contribution in [2.75, 3.05) is 32.7 Å². The largest absolute Gasteiger partial charge is 0.352 e. The van der Waals surface area contributed by atoms with Crippen LogP contribution in [0.2, 0.25) is 0 Å². The third-order valence-corrected chi connectivity index (χ3v) is 6.14. The number of nitrogens with zero attached hydrogens (tertiary/aromatic N) is 1. The van der Waals surface area contributed by atoms with E-state index in [1.165, 1.54) is 25.0 Å². The predicted octanol–water partition coefficient (Wildman–Crippen LogP) is 1.84. The molecule has 0 atom stereocenters. The molecule has 0 radical (unpaired) electrons. The second-order valence-corrected chi connectivity index (χ2v) is 8.43. The summed E-state index contributed by atoms with van der Waals surface area (Å²) in [5.41, 5.74) is 0.474. The molecule has 1 heterocycles. The van der Waals surface area contributed by atoms with Crippen molar-refractivity contribution in [1.82, 2.24) is 14.9 Å². The molecule has 6 nitrogen and oxygen atoms in total. The molecule has 0 saturated carbocycles. The molecule has 1 aliphatic rings. The SMILES string of the molecule is CCNS(=O)(=O)c1ccc(C(=O)NCCCN2CCC(C)CC2)cc1. The van der Waals surface area contributed by atoms with Gasteiger partial charge < -0.3 is 10.2 Å². The van der Waals surface area contributed by atoms with Crippen LogP contribution in [0.1, 0.15) is 43.5 Å². The number of carbonyl (C=O) groups excluding carboxylic acids is 1. The summed E-state index contributed by atoms with van der Waals surface area (Å²) >= 11 is 0. The van der Waals surface area contributed by atoms with Crippen molar-refractivity contribution in [3.8, 4) is 0 Å². The van der Waals surface area contributed by atoms with Crippen molar-refractivity contribution in [3.63, 3.8) is 0 Å². The Balaban J connectivity index is 1.75. The van der Waals surface area contributed by atoms with Gasteiger partial charge in [-0.25, -0.2) is 13.1 Å². The lowest BCUT2D eigenvalue weighted by Gasteiger charge is -2.30. The minimum Gasteiger partial charge on any atom is -0.352 e. The van der Waals surface area contributed by atoms with Gasteiger partial charge in [0.1, 0.15) is 0 Å². The van der Waals surface area contributed by atoms with Crippen molar-refractivity contribution in [3.05, 3.63) is 29.8 Å². The molecule has 1 aliphatic heterocycles. The van der Waals surface area contributed by atoms with E-state index in [0.717, 1.165) is 32.0 Å². The van der Waals surface area contributed by atoms with Crippen LogP contribution in [0.25, 0.3) is 0 Å². The van der Waals surface area contributed by atoms with Crippen LogP contribution < -0.4 is 10.0 Å². The molecule has 1 saturated heterocycles. The number of amides is 1. The van der Waals surface area contributed by atoms with Gasteiger partial charge in [-0.05, 0) is 69.1 Å². The number of hydrogen-bond acceptors (Lipinski definition) is 4. The highest BCUT2D eigenvalue weighted by atomic mass is 32.2. The molecule has 1 aromatic carbocycles. The van der Waals surface area contributed by atoms with Crippen LogP contribution in [-0.2, 0) is 10.0 Å². The maximum atomic E-state index is 12.1. The van der Waals surface area contributed by atoms with Crippen LogP contribution >= 0.6 is 0 Å². The van der Waals surface area contributed by atoms with Gasteiger partial charge in [-0.15, -0.1) is 0 Å². The molecule has 140 valence electrons. The van der Waals surface area contributed by atoms with Gasteiger partial charge >= 0.3 is 0 Å². The molecule has 2 rings (SSSR count). The quantitative estimate of drug-likeness (QED) is 0.687. The highest BCUT2D eigenvalue weighted by Crippen LogP contribution is 2.15. The Morgan fingerprint density at radius 3 is 2.44 bits per heavy atom. The summed E-state index contributed by atoms with van der Waals surface area (Å²) in [6, 6.07) is 6.01. The number of rotatable bonds is 8. The Kier molecular flexibility index (Phi) is 7.40. The summed E-state index contributed by atoms with van der Waals surface area (Å²) in [6.07, 6.45) is 3.44. The lowest BCUT2D eigenvalue weighted by molar-refractivity contribution is 0.0950. The second-order valence-electron chi connectivity index (χ2n) is 6.66. The van der Waals surface area contributed by atoms with Gasteiger partial charge in [0.25, 0.3) is 5.91 Å². The molecule has 1 amide bonds. The third-order valence-electron chi connectivity index (χ3n) is 4.57. The molecule has 0 aromatic heterocycles. The van der Waals surface area contributed by atoms with Gasteiger partial charge in [-0.2, -0.15) is 0 Å². The Bertz CT molecular complexity index is 651. The molecular formula is C18H29N3O3S. The monoisotopic (exact) mass is 367 g/mol. The van der Waals surface area contributed by atoms with Crippen LogP contribution in [0.5, 0.6) is 0 Å². The first-order chi connectivity index (χ1) is 11.9. The average Bonchev–Trinajstić information content (AvgIpc) is 2.60. The van der Waals surface area contributed by atoms with E-state index in [2.05, 4.69) is 21.9 Å². The van der Waals surface area contributed by atoms with Gasteiger partial charge in [-0.3, -0.25) is 4.79 Å². The Hall–Kier alpha value is -1.44. The number of likely N-dealkylation sites (tertiary alicyclic amines) is 1. The maximum Gasteiger partial charge on any atom is 0.251 e. The maximum absolute atomic E-state index is 12.1. The van der Waals surface area contributed by atoms with Crippen LogP contribution in [-0.4, -0.2) is 51.9 Å². The Morgan fingerprint density at radius 2 is 1.84 bits per heavy atom. The van der Waals surface area contributed by atoms with Crippen LogP contribution in [0.3, 0.4) is 0 Å². The summed E-state index contributed by atoms with van der Waals surface area (Å²) in [6.45, 7) is 8.29. The fourth-order valence-electron chi connectivity index (χ4n) is 2.95. The zero-order chi connectivity index (χ0) is 18.3. The average molecular weight is 368 g/mol. The van der Waals surface area contributed by atoms with E-state index in [0.29, 0.717) is 18.7 Å². The first kappa shape index (κ1) is 19.9. The van der Waals surface area contributed by atoms with Gasteiger partial charge in [0.2, 0.25) is 10.0 Å². The van der Waals surface area contributed by atoms with E-state index in [-0.39, 0.29) is 10.8 Å². The van der Waals surface area contributed by atoms with E-state index in [1.807, 2.05) is 0 Å². The van der Waals surface area contributed by atoms with Crippen molar-refractivity contribution >= 4 is 15.9 Å². The smallest absolute Gasteiger partial charge is 0.251 e. The molecule has 0 aliphatic carbocycles. The van der Waals surface area contributed by atoms with Crippen LogP contribution in [0.4, 0.5) is 0 Å². The molecule has 1 fully saturated rings. The summed E-state index contributed by atoms with van der Waals surface area (Å²) < 4.78 is 26.2. The van der Waals surface area contributed by atoms with Gasteiger partial charge in [0.05, 0.1) is 4.90 Å². The second kappa shape index (κ2) is 9.31. The standard InChI is InChI=1S/C18H29N3O3S/c1-3-20-25(23,24)17-7-5-16(6-8-17)18(22)19-11-4-12-21-13-9-15(2)10-14-21/h5-8,15,20H,3-4,9-14H2,1-2H3,(H,19,22). The van der Waals surface area contributed by atoms with Crippen molar-refractivity contribution in [1.29, 1.82) is 0 Å². The molecule has 2 N–H and O–H groups in total. The van der Waals surface area contributed by atoms with Crippen molar-refractivity contribution < 1.29 is 13.2 Å². The fourth-order valence-corrected chi connectivity index (χ4v) is 3.99. The number of hydrogen-bond donors (Lipinski definition) is 2. The normalized spacial score (nSPS) is 16.7. The van der Waals surface area contributed by atoms with Gasteiger partial charge in [-0.1, -0.05) is 13.8 Å². The Morgan fingerprint density at radius 1 is 1.20 bits per heavy atom. The molecule has 7 heteroatoms. The highest BCUT2D eigenvalue weighted by molar-refractivity contribution is 7.89. The van der Waals surface area contributed by atoms with E-state index >= 15 is 0 Å². The Labute approximate surface area is 151 Å². The van der Waals surface area contributed by atoms with Gasteiger partial charge in [0.15, 0.2) is 0 Å². The third kappa shape index (κ3) is 6.09. The predicted molar refractivity (Wildman–Crippen MR) is 99.1 cm³/mol. The first-order valence-electron chi connectivity index (χ1n) is 9.02. The number of nitrogens with one attached hydrogen (secondary N) is 2. The molecule has 1 aromatic rings. The summed E-state index contributed by atoms with van der Waals surface area (Å²) in [5, 5.41) is 2.90. The number of sulfonamides is 1. The molecule has 25 heavy (non-hydrogen) atoms. The molecule has 0 bridgehead atoms. The topological polar surface area (TPSA) is 78.5 Å². The minimum absolute atomic E-state index is 0.167. The zero-order valence-corrected chi connectivity index (χ0v) is 15.9. The number of benzene rings is 1. The van der Waals surface area contributed by atoms with Crippen molar-refractivity contribution in [2.45, 2.75) is 38.0 Å². The minimum atomic E-state index is -3.48. The van der Waals surface area contributed by atoms with E-state index in [9.17, 15) is 13.2 Å². The van der Waals surface area contributed by atoms with Gasteiger partial charge in [0, 0.05) is 18.7 Å². The van der Waals surface area contributed by atoms with E-state index < -0.39 is 10.0 Å². The zero-order valence-electron chi connectivity index (χ0n) is 15.1. The van der Waals surface area contributed by atoms with Crippen molar-refractivity contribution in [2.24, 2.45) is 5.92 Å². The lowest BCUT2D eigenvalue weighted by atomic mass is 9.99. The summed E-state index contributed by atoms with van der Waals surface area (Å²) in [5.74, 6) is 0.662. The first-order valence-corrected chi connectivity index (χ1v) is 10.5. The number of piperidine rings is 1. The molecular weight excluding hydrogens is 338 g/mol. The lowest BCUT2D eigenvalue weighted by Crippen LogP contribution is -2.35. The highest BCUT2D eigenvalue weighted by Gasteiger charge is 2.15. The van der Waals surface area contributed by atoms with Crippen LogP contribution in [0.15, 0.2) is 29.2 Å². The summed E-state index contributed by atoms with van der Waals surface area (Å²) in [7, 11) is -3.48. The van der Waals surface area contributed by atoms with Crippen LogP contribution in [0, 0.1) is 5.92 Å². The number of carbonyl (C=O) groups is 1.